The van der Waals surface area contributed by atoms with Crippen LogP contribution in [0, 0.1) is 0 Å². The van der Waals surface area contributed by atoms with Gasteiger partial charge in [-0.15, -0.1) is 17.0 Å². The number of rotatable bonds is 0. The van der Waals surface area contributed by atoms with Crippen LogP contribution in [0.5, 0.6) is 5.75 Å². The van der Waals surface area contributed by atoms with Gasteiger partial charge < -0.3 is 15.7 Å². The average molecular weight is 261 g/mol. The van der Waals surface area contributed by atoms with E-state index in [-0.39, 0.29) is 17.0 Å². The molecule has 1 aliphatic rings. The fourth-order valence-electron chi connectivity index (χ4n) is 1.03. The van der Waals surface area contributed by atoms with E-state index in [1.165, 1.54) is 0 Å². The second kappa shape index (κ2) is 8.99. The molecule has 0 spiro atoms. The minimum Gasteiger partial charge on any atom is -0.508 e. The quantitative estimate of drug-likeness (QED) is 0.656. The molecule has 0 amide bonds. The van der Waals surface area contributed by atoms with Gasteiger partial charge in [-0.1, -0.05) is 18.2 Å². The van der Waals surface area contributed by atoms with Crippen molar-refractivity contribution in [3.8, 4) is 5.75 Å². The van der Waals surface area contributed by atoms with Crippen molar-refractivity contribution in [1.82, 2.24) is 10.6 Å². The molecule has 80 valence electrons. The predicted molar refractivity (Wildman–Crippen MR) is 64.2 cm³/mol. The first-order chi connectivity index (χ1) is 6.39. The summed E-state index contributed by atoms with van der Waals surface area (Å²) in [6, 6.07) is 8.71. The van der Waals surface area contributed by atoms with Gasteiger partial charge in [-0.25, -0.2) is 0 Å². The molecule has 2 rings (SSSR count). The summed E-state index contributed by atoms with van der Waals surface area (Å²) in [5.74, 6) is 0.322. The van der Waals surface area contributed by atoms with Crippen LogP contribution in [0.25, 0.3) is 0 Å². The molecule has 3 nitrogen and oxygen atoms in total. The molecule has 0 aliphatic carbocycles. The van der Waals surface area contributed by atoms with Gasteiger partial charge in [0.05, 0.1) is 0 Å². The summed E-state index contributed by atoms with van der Waals surface area (Å²) < 4.78 is 0. The van der Waals surface area contributed by atoms with Crippen molar-refractivity contribution in [2.24, 2.45) is 0 Å². The normalized spacial score (nSPS) is 14.6. The number of aromatic hydroxyl groups is 1. The fraction of sp³-hybridized carbons (Fsp3) is 0.400. The van der Waals surface area contributed by atoms with Gasteiger partial charge in [0, 0.05) is 26.2 Å². The van der Waals surface area contributed by atoms with Crippen molar-refractivity contribution < 1.29 is 5.11 Å². The van der Waals surface area contributed by atoms with E-state index in [4.69, 9.17) is 5.11 Å². The van der Waals surface area contributed by atoms with Crippen molar-refractivity contribution in [2.75, 3.05) is 26.2 Å². The molecule has 14 heavy (non-hydrogen) atoms. The van der Waals surface area contributed by atoms with Gasteiger partial charge in [-0.2, -0.15) is 0 Å². The van der Waals surface area contributed by atoms with Crippen LogP contribution in [-0.2, 0) is 0 Å². The highest BCUT2D eigenvalue weighted by molar-refractivity contribution is 8.93. The third-order valence-corrected chi connectivity index (χ3v) is 1.71. The van der Waals surface area contributed by atoms with Crippen LogP contribution in [0.2, 0.25) is 0 Å². The molecule has 0 atom stereocenters. The predicted octanol–water partition coefficient (Wildman–Crippen LogP) is 1.15. The molecule has 0 saturated carbocycles. The van der Waals surface area contributed by atoms with E-state index >= 15 is 0 Å². The first-order valence-corrected chi connectivity index (χ1v) is 4.55. The summed E-state index contributed by atoms with van der Waals surface area (Å²) >= 11 is 0. The minimum absolute atomic E-state index is 0. The van der Waals surface area contributed by atoms with Gasteiger partial charge >= 0.3 is 0 Å². The zero-order valence-corrected chi connectivity index (χ0v) is 9.78. The Labute approximate surface area is 95.3 Å². The summed E-state index contributed by atoms with van der Waals surface area (Å²) in [5, 5.41) is 15.1. The van der Waals surface area contributed by atoms with Gasteiger partial charge in [-0.05, 0) is 12.1 Å². The van der Waals surface area contributed by atoms with Crippen LogP contribution in [0.1, 0.15) is 0 Å². The van der Waals surface area contributed by atoms with Crippen LogP contribution in [-0.4, -0.2) is 31.3 Å². The molecule has 0 aromatic heterocycles. The number of hydrogen-bond acceptors (Lipinski definition) is 3. The smallest absolute Gasteiger partial charge is 0.115 e. The minimum atomic E-state index is 0. The van der Waals surface area contributed by atoms with E-state index < -0.39 is 0 Å². The van der Waals surface area contributed by atoms with Gasteiger partial charge in [-0.3, -0.25) is 0 Å². The number of para-hydroxylation sites is 1. The number of piperazine rings is 1. The Hall–Kier alpha value is -0.580. The van der Waals surface area contributed by atoms with Crippen LogP contribution >= 0.6 is 17.0 Å². The van der Waals surface area contributed by atoms with E-state index in [1.807, 2.05) is 6.07 Å². The van der Waals surface area contributed by atoms with E-state index in [0.29, 0.717) is 5.75 Å². The molecular weight excluding hydrogens is 244 g/mol. The molecule has 1 saturated heterocycles. The molecule has 0 radical (unpaired) electrons. The van der Waals surface area contributed by atoms with Crippen molar-refractivity contribution in [2.45, 2.75) is 0 Å². The lowest BCUT2D eigenvalue weighted by atomic mass is 10.3. The molecule has 1 fully saturated rings. The highest BCUT2D eigenvalue weighted by atomic mass is 79.9. The van der Waals surface area contributed by atoms with Crippen molar-refractivity contribution in [1.29, 1.82) is 0 Å². The Morgan fingerprint density at radius 1 is 0.857 bits per heavy atom. The second-order valence-electron chi connectivity index (χ2n) is 2.84. The Kier molecular flexibility index (Phi) is 8.62. The first kappa shape index (κ1) is 13.4. The highest BCUT2D eigenvalue weighted by Crippen LogP contribution is 2.02. The van der Waals surface area contributed by atoms with Crippen LogP contribution in [0.15, 0.2) is 30.3 Å². The van der Waals surface area contributed by atoms with Gasteiger partial charge in [0.25, 0.3) is 0 Å². The summed E-state index contributed by atoms with van der Waals surface area (Å²) in [6.07, 6.45) is 0. The molecule has 4 heteroatoms. The maximum absolute atomic E-state index is 8.63. The summed E-state index contributed by atoms with van der Waals surface area (Å²) in [7, 11) is 0. The Morgan fingerprint density at radius 2 is 1.29 bits per heavy atom. The van der Waals surface area contributed by atoms with Gasteiger partial charge in [0.15, 0.2) is 0 Å². The van der Waals surface area contributed by atoms with Crippen LogP contribution in [0.3, 0.4) is 0 Å². The topological polar surface area (TPSA) is 44.3 Å². The summed E-state index contributed by atoms with van der Waals surface area (Å²) in [5.41, 5.74) is 0. The number of phenolic OH excluding ortho intramolecular Hbond substituents is 1. The lowest BCUT2D eigenvalue weighted by molar-refractivity contribution is 0.475. The molecule has 3 N–H and O–H groups in total. The largest absolute Gasteiger partial charge is 0.508 e. The SMILES string of the molecule is Br.C1CNCCN1.Oc1ccccc1. The zero-order valence-electron chi connectivity index (χ0n) is 8.07. The Morgan fingerprint density at radius 3 is 1.50 bits per heavy atom. The summed E-state index contributed by atoms with van der Waals surface area (Å²) in [4.78, 5) is 0. The fourth-order valence-corrected chi connectivity index (χ4v) is 1.03. The zero-order chi connectivity index (χ0) is 9.36. The molecular formula is C10H17BrN2O. The van der Waals surface area contributed by atoms with Crippen molar-refractivity contribution in [3.05, 3.63) is 30.3 Å². The standard InChI is InChI=1S/C6H6O.C4H10N2.BrH/c7-6-4-2-1-3-5-6;1-2-6-4-3-5-1;/h1-5,7H;5-6H,1-4H2;1H. The van der Waals surface area contributed by atoms with Crippen molar-refractivity contribution >= 4 is 17.0 Å². The number of halogens is 1. The molecule has 0 unspecified atom stereocenters. The first-order valence-electron chi connectivity index (χ1n) is 4.55. The van der Waals surface area contributed by atoms with E-state index in [1.54, 1.807) is 24.3 Å². The monoisotopic (exact) mass is 260 g/mol. The molecule has 1 aromatic rings. The highest BCUT2D eigenvalue weighted by Gasteiger charge is 1.91. The number of hydrogen-bond donors (Lipinski definition) is 3. The molecule has 1 heterocycles. The lowest BCUT2D eigenvalue weighted by Crippen LogP contribution is -2.39. The summed E-state index contributed by atoms with van der Waals surface area (Å²) in [6.45, 7) is 4.56. The van der Waals surface area contributed by atoms with E-state index in [0.717, 1.165) is 26.2 Å². The third kappa shape index (κ3) is 6.88. The second-order valence-corrected chi connectivity index (χ2v) is 2.84. The Balaban J connectivity index is 0.000000227. The van der Waals surface area contributed by atoms with Crippen LogP contribution < -0.4 is 10.6 Å². The lowest BCUT2D eigenvalue weighted by Gasteiger charge is -2.11. The Bertz CT molecular complexity index is 203. The van der Waals surface area contributed by atoms with Crippen LogP contribution in [0.4, 0.5) is 0 Å². The third-order valence-electron chi connectivity index (χ3n) is 1.71. The number of phenols is 1. The van der Waals surface area contributed by atoms with E-state index in [9.17, 15) is 0 Å². The molecule has 1 aliphatic heterocycles. The van der Waals surface area contributed by atoms with E-state index in [2.05, 4.69) is 10.6 Å². The van der Waals surface area contributed by atoms with Gasteiger partial charge in [0.2, 0.25) is 0 Å². The van der Waals surface area contributed by atoms with Crippen molar-refractivity contribution in [3.63, 3.8) is 0 Å². The maximum Gasteiger partial charge on any atom is 0.115 e. The average Bonchev–Trinajstić information content (AvgIpc) is 2.22. The molecule has 0 bridgehead atoms. The maximum atomic E-state index is 8.63. The number of nitrogens with one attached hydrogen (secondary N) is 2. The number of benzene rings is 1. The molecule has 1 aromatic carbocycles. The van der Waals surface area contributed by atoms with Gasteiger partial charge in [0.1, 0.15) is 5.75 Å².